The van der Waals surface area contributed by atoms with E-state index >= 15 is 0 Å². The minimum absolute atomic E-state index is 0.243. The summed E-state index contributed by atoms with van der Waals surface area (Å²) >= 11 is 0. The van der Waals surface area contributed by atoms with Gasteiger partial charge in [-0.25, -0.2) is 9.97 Å². The second-order valence-corrected chi connectivity index (χ2v) is 4.99. The van der Waals surface area contributed by atoms with E-state index in [1.54, 1.807) is 6.20 Å². The first-order valence-electron chi connectivity index (χ1n) is 6.69. The van der Waals surface area contributed by atoms with Gasteiger partial charge in [-0.1, -0.05) is 0 Å². The van der Waals surface area contributed by atoms with Gasteiger partial charge in [0, 0.05) is 39.1 Å². The molecule has 6 heteroatoms. The zero-order chi connectivity index (χ0) is 13.2. The highest BCUT2D eigenvalue weighted by molar-refractivity contribution is 5.67. The van der Waals surface area contributed by atoms with Crippen molar-refractivity contribution in [2.75, 3.05) is 37.0 Å². The van der Waals surface area contributed by atoms with Crippen molar-refractivity contribution in [2.24, 2.45) is 5.92 Å². The highest BCUT2D eigenvalue weighted by atomic mass is 16.3. The predicted octanol–water partition coefficient (Wildman–Crippen LogP) is 0.980. The van der Waals surface area contributed by atoms with Crippen LogP contribution in [-0.2, 0) is 0 Å². The number of imidazole rings is 1. The summed E-state index contributed by atoms with van der Waals surface area (Å²) in [6.07, 6.45) is 7.81. The topological polar surface area (TPSA) is 65.7 Å². The lowest BCUT2D eigenvalue weighted by Crippen LogP contribution is -2.37. The van der Waals surface area contributed by atoms with Crippen LogP contribution in [0.3, 0.4) is 0 Å². The maximum Gasteiger partial charge on any atom is 0.180 e. The molecular formula is C13H19N5O. The normalized spacial score (nSPS) is 19.9. The van der Waals surface area contributed by atoms with Crippen molar-refractivity contribution >= 4 is 17.3 Å². The van der Waals surface area contributed by atoms with E-state index in [4.69, 9.17) is 0 Å². The molecule has 1 unspecified atom stereocenters. The van der Waals surface area contributed by atoms with E-state index < -0.39 is 0 Å². The average Bonchev–Trinajstić information content (AvgIpc) is 2.94. The highest BCUT2D eigenvalue weighted by Gasteiger charge is 2.22. The summed E-state index contributed by atoms with van der Waals surface area (Å²) in [5.74, 6) is 2.06. The quantitative estimate of drug-likeness (QED) is 0.862. The number of piperidine rings is 1. The first kappa shape index (κ1) is 12.2. The molecular weight excluding hydrogens is 242 g/mol. The number of aromatic nitrogens is 3. The largest absolute Gasteiger partial charge is 0.396 e. The fourth-order valence-electron chi connectivity index (χ4n) is 2.65. The van der Waals surface area contributed by atoms with Crippen LogP contribution in [0.1, 0.15) is 12.8 Å². The molecule has 3 heterocycles. The van der Waals surface area contributed by atoms with Crippen LogP contribution in [-0.4, -0.2) is 46.2 Å². The molecule has 1 fully saturated rings. The lowest BCUT2D eigenvalue weighted by atomic mass is 9.99. The number of nitrogens with zero attached hydrogens (tertiary/aromatic N) is 4. The summed E-state index contributed by atoms with van der Waals surface area (Å²) in [5.41, 5.74) is 0.873. The van der Waals surface area contributed by atoms with Crippen molar-refractivity contribution < 1.29 is 5.11 Å². The van der Waals surface area contributed by atoms with Crippen molar-refractivity contribution in [3.8, 4) is 0 Å². The standard InChI is InChI=1S/C13H19N5O/c1-14-11-8-18-6-4-15-12(18)13(16-11)17-5-2-3-10(7-17)9-19/h4,6,8,10,14,19H,2-3,5,7,9H2,1H3. The summed E-state index contributed by atoms with van der Waals surface area (Å²) in [4.78, 5) is 11.3. The monoisotopic (exact) mass is 261 g/mol. The fourth-order valence-corrected chi connectivity index (χ4v) is 2.65. The van der Waals surface area contributed by atoms with Gasteiger partial charge in [0.15, 0.2) is 11.5 Å². The zero-order valence-electron chi connectivity index (χ0n) is 11.1. The molecule has 102 valence electrons. The van der Waals surface area contributed by atoms with Crippen LogP contribution in [0, 0.1) is 5.92 Å². The Bertz CT molecular complexity index is 567. The summed E-state index contributed by atoms with van der Waals surface area (Å²) in [6, 6.07) is 0. The number of nitrogens with one attached hydrogen (secondary N) is 1. The Balaban J connectivity index is 2.00. The molecule has 1 aliphatic heterocycles. The number of hydrogen-bond acceptors (Lipinski definition) is 5. The molecule has 0 amide bonds. The minimum Gasteiger partial charge on any atom is -0.396 e. The second kappa shape index (κ2) is 5.05. The molecule has 1 saturated heterocycles. The van der Waals surface area contributed by atoms with Crippen molar-refractivity contribution in [1.82, 2.24) is 14.4 Å². The van der Waals surface area contributed by atoms with Gasteiger partial charge < -0.3 is 19.7 Å². The van der Waals surface area contributed by atoms with Crippen LogP contribution in [0.5, 0.6) is 0 Å². The van der Waals surface area contributed by atoms with Crippen LogP contribution < -0.4 is 10.2 Å². The van der Waals surface area contributed by atoms with Crippen molar-refractivity contribution in [2.45, 2.75) is 12.8 Å². The van der Waals surface area contributed by atoms with Gasteiger partial charge in [-0.05, 0) is 18.8 Å². The van der Waals surface area contributed by atoms with E-state index in [0.717, 1.165) is 43.2 Å². The Morgan fingerprint density at radius 1 is 1.53 bits per heavy atom. The lowest BCUT2D eigenvalue weighted by Gasteiger charge is -2.32. The molecule has 0 bridgehead atoms. The molecule has 3 rings (SSSR count). The number of aliphatic hydroxyl groups excluding tert-OH is 1. The van der Waals surface area contributed by atoms with Crippen molar-refractivity contribution in [3.63, 3.8) is 0 Å². The van der Waals surface area contributed by atoms with E-state index in [-0.39, 0.29) is 6.61 Å². The molecule has 2 N–H and O–H groups in total. The third kappa shape index (κ3) is 2.23. The number of rotatable bonds is 3. The van der Waals surface area contributed by atoms with E-state index in [9.17, 15) is 5.11 Å². The average molecular weight is 261 g/mol. The van der Waals surface area contributed by atoms with Crippen LogP contribution in [0.4, 0.5) is 11.6 Å². The molecule has 0 radical (unpaired) electrons. The van der Waals surface area contributed by atoms with Crippen molar-refractivity contribution in [1.29, 1.82) is 0 Å². The maximum absolute atomic E-state index is 9.35. The Morgan fingerprint density at radius 2 is 2.42 bits per heavy atom. The van der Waals surface area contributed by atoms with Gasteiger partial charge >= 0.3 is 0 Å². The first-order chi connectivity index (χ1) is 9.31. The summed E-state index contributed by atoms with van der Waals surface area (Å²) in [7, 11) is 1.86. The van der Waals surface area contributed by atoms with Gasteiger partial charge in [0.2, 0.25) is 0 Å². The molecule has 0 aromatic carbocycles. The molecule has 6 nitrogen and oxygen atoms in total. The van der Waals surface area contributed by atoms with Crippen LogP contribution in [0.2, 0.25) is 0 Å². The van der Waals surface area contributed by atoms with E-state index in [1.807, 2.05) is 23.8 Å². The van der Waals surface area contributed by atoms with E-state index in [2.05, 4.69) is 20.2 Å². The van der Waals surface area contributed by atoms with Crippen molar-refractivity contribution in [3.05, 3.63) is 18.6 Å². The van der Waals surface area contributed by atoms with Crippen LogP contribution in [0.25, 0.3) is 5.65 Å². The summed E-state index contributed by atoms with van der Waals surface area (Å²) in [5, 5.41) is 12.4. The summed E-state index contributed by atoms with van der Waals surface area (Å²) < 4.78 is 1.98. The fraction of sp³-hybridized carbons (Fsp3) is 0.538. The zero-order valence-corrected chi connectivity index (χ0v) is 11.1. The Morgan fingerprint density at radius 3 is 3.21 bits per heavy atom. The molecule has 1 atom stereocenters. The van der Waals surface area contributed by atoms with Gasteiger partial charge in [-0.2, -0.15) is 0 Å². The van der Waals surface area contributed by atoms with Gasteiger partial charge in [0.1, 0.15) is 5.82 Å². The molecule has 1 aliphatic rings. The highest BCUT2D eigenvalue weighted by Crippen LogP contribution is 2.25. The van der Waals surface area contributed by atoms with E-state index in [0.29, 0.717) is 5.92 Å². The van der Waals surface area contributed by atoms with Gasteiger partial charge in [-0.15, -0.1) is 0 Å². The molecule has 2 aromatic rings. The molecule has 2 aromatic heterocycles. The molecule has 19 heavy (non-hydrogen) atoms. The predicted molar refractivity (Wildman–Crippen MR) is 74.6 cm³/mol. The smallest absolute Gasteiger partial charge is 0.180 e. The number of anilines is 2. The van der Waals surface area contributed by atoms with Crippen LogP contribution in [0.15, 0.2) is 18.6 Å². The van der Waals surface area contributed by atoms with Gasteiger partial charge in [0.05, 0.1) is 6.20 Å². The number of hydrogen-bond donors (Lipinski definition) is 2. The Kier molecular flexibility index (Phi) is 3.25. The minimum atomic E-state index is 0.243. The second-order valence-electron chi connectivity index (χ2n) is 4.99. The third-order valence-electron chi connectivity index (χ3n) is 3.69. The summed E-state index contributed by atoms with van der Waals surface area (Å²) in [6.45, 7) is 2.06. The molecule has 0 spiro atoms. The Hall–Kier alpha value is -1.82. The molecule has 0 saturated carbocycles. The maximum atomic E-state index is 9.35. The first-order valence-corrected chi connectivity index (χ1v) is 6.69. The van der Waals surface area contributed by atoms with Crippen LogP contribution >= 0.6 is 0 Å². The van der Waals surface area contributed by atoms with E-state index in [1.165, 1.54) is 0 Å². The molecule has 0 aliphatic carbocycles. The van der Waals surface area contributed by atoms with Gasteiger partial charge in [0.25, 0.3) is 0 Å². The third-order valence-corrected chi connectivity index (χ3v) is 3.69. The lowest BCUT2D eigenvalue weighted by molar-refractivity contribution is 0.208. The number of aliphatic hydroxyl groups is 1. The Labute approximate surface area is 112 Å². The SMILES string of the molecule is CNc1cn2ccnc2c(N2CCCC(CO)C2)n1. The van der Waals surface area contributed by atoms with Gasteiger partial charge in [-0.3, -0.25) is 0 Å². The number of fused-ring (bicyclic) bond motifs is 1.